The number of methoxy groups -OCH3 is 1. The Balaban J connectivity index is 1.61. The summed E-state index contributed by atoms with van der Waals surface area (Å²) >= 11 is 0. The average molecular weight is 492 g/mol. The van der Waals surface area contributed by atoms with E-state index < -0.39 is 29.1 Å². The summed E-state index contributed by atoms with van der Waals surface area (Å²) in [6.45, 7) is 1.91. The van der Waals surface area contributed by atoms with E-state index in [9.17, 15) is 22.0 Å². The minimum atomic E-state index is -4.63. The Kier molecular flexibility index (Phi) is 7.42. The SMILES string of the molecule is COc1c(F)cc(-c2cc(COCC3(c4ccccc4)CCNCC3)cc(C(F)(F)F)c2)cc1F. The molecule has 0 saturated carbocycles. The highest BCUT2D eigenvalue weighted by molar-refractivity contribution is 5.66. The molecule has 1 aliphatic heterocycles. The van der Waals surface area contributed by atoms with E-state index in [0.717, 1.165) is 62.9 Å². The molecule has 0 unspecified atom stereocenters. The number of rotatable bonds is 7. The largest absolute Gasteiger partial charge is 0.491 e. The van der Waals surface area contributed by atoms with Gasteiger partial charge >= 0.3 is 6.18 Å². The van der Waals surface area contributed by atoms with Crippen molar-refractivity contribution in [1.82, 2.24) is 5.32 Å². The molecule has 0 atom stereocenters. The quantitative estimate of drug-likeness (QED) is 0.383. The van der Waals surface area contributed by atoms with E-state index in [1.54, 1.807) is 0 Å². The molecule has 35 heavy (non-hydrogen) atoms. The van der Waals surface area contributed by atoms with Crippen LogP contribution in [-0.4, -0.2) is 26.8 Å². The summed E-state index contributed by atoms with van der Waals surface area (Å²) in [6, 6.07) is 15.2. The number of alkyl halides is 3. The fourth-order valence-corrected chi connectivity index (χ4v) is 4.60. The monoisotopic (exact) mass is 491 g/mol. The van der Waals surface area contributed by atoms with Gasteiger partial charge in [0, 0.05) is 5.41 Å². The van der Waals surface area contributed by atoms with Crippen LogP contribution < -0.4 is 10.1 Å². The predicted molar refractivity (Wildman–Crippen MR) is 123 cm³/mol. The molecule has 1 aliphatic rings. The molecule has 186 valence electrons. The molecule has 4 rings (SSSR count). The van der Waals surface area contributed by atoms with Crippen LogP contribution in [0.2, 0.25) is 0 Å². The Bertz CT molecular complexity index is 1130. The first-order valence-electron chi connectivity index (χ1n) is 11.3. The van der Waals surface area contributed by atoms with Crippen molar-refractivity contribution in [3.8, 4) is 16.9 Å². The van der Waals surface area contributed by atoms with Crippen LogP contribution >= 0.6 is 0 Å². The van der Waals surface area contributed by atoms with Crippen LogP contribution in [0, 0.1) is 11.6 Å². The highest BCUT2D eigenvalue weighted by Gasteiger charge is 2.35. The zero-order valence-electron chi connectivity index (χ0n) is 19.2. The van der Waals surface area contributed by atoms with Crippen molar-refractivity contribution in [3.63, 3.8) is 0 Å². The van der Waals surface area contributed by atoms with Crippen LogP contribution in [0.4, 0.5) is 22.0 Å². The summed E-state index contributed by atoms with van der Waals surface area (Å²) in [7, 11) is 1.12. The van der Waals surface area contributed by atoms with Crippen LogP contribution in [0.5, 0.6) is 5.75 Å². The molecular weight excluding hydrogens is 465 g/mol. The van der Waals surface area contributed by atoms with E-state index in [2.05, 4.69) is 10.1 Å². The Morgan fingerprint density at radius 3 is 2.11 bits per heavy atom. The van der Waals surface area contributed by atoms with Gasteiger partial charge in [-0.1, -0.05) is 30.3 Å². The van der Waals surface area contributed by atoms with E-state index in [4.69, 9.17) is 4.74 Å². The molecule has 8 heteroatoms. The van der Waals surface area contributed by atoms with Gasteiger partial charge in [0.15, 0.2) is 17.4 Å². The van der Waals surface area contributed by atoms with Gasteiger partial charge in [0.05, 0.1) is 25.9 Å². The number of ether oxygens (including phenoxy) is 2. The second-order valence-corrected chi connectivity index (χ2v) is 8.78. The molecule has 3 aromatic rings. The van der Waals surface area contributed by atoms with E-state index in [1.807, 2.05) is 30.3 Å². The van der Waals surface area contributed by atoms with Crippen molar-refractivity contribution in [1.29, 1.82) is 0 Å². The third kappa shape index (κ3) is 5.65. The molecule has 1 fully saturated rings. The van der Waals surface area contributed by atoms with Gasteiger partial charge in [0.1, 0.15) is 0 Å². The Hall–Kier alpha value is -2.97. The number of hydrogen-bond donors (Lipinski definition) is 1. The molecular formula is C27H26F5NO2. The fraction of sp³-hybridized carbons (Fsp3) is 0.333. The van der Waals surface area contributed by atoms with Crippen molar-refractivity contribution in [2.75, 3.05) is 26.8 Å². The van der Waals surface area contributed by atoms with E-state index in [1.165, 1.54) is 6.07 Å². The maximum atomic E-state index is 14.2. The smallest absolute Gasteiger partial charge is 0.416 e. The van der Waals surface area contributed by atoms with Crippen LogP contribution in [0.25, 0.3) is 11.1 Å². The number of halogens is 5. The Morgan fingerprint density at radius 2 is 1.51 bits per heavy atom. The summed E-state index contributed by atoms with van der Waals surface area (Å²) in [5.74, 6) is -2.57. The third-order valence-electron chi connectivity index (χ3n) is 6.45. The fourth-order valence-electron chi connectivity index (χ4n) is 4.60. The maximum absolute atomic E-state index is 14.2. The minimum Gasteiger partial charge on any atom is -0.491 e. The first-order valence-corrected chi connectivity index (χ1v) is 11.3. The highest BCUT2D eigenvalue weighted by atomic mass is 19.4. The molecule has 0 spiro atoms. The summed E-state index contributed by atoms with van der Waals surface area (Å²) < 4.78 is 80.0. The lowest BCUT2D eigenvalue weighted by Gasteiger charge is -2.38. The number of hydrogen-bond acceptors (Lipinski definition) is 3. The minimum absolute atomic E-state index is 0.0211. The number of nitrogens with one attached hydrogen (secondary N) is 1. The van der Waals surface area contributed by atoms with Crippen molar-refractivity contribution < 1.29 is 31.4 Å². The second kappa shape index (κ2) is 10.3. The van der Waals surface area contributed by atoms with Gasteiger partial charge in [-0.2, -0.15) is 13.2 Å². The molecule has 1 heterocycles. The van der Waals surface area contributed by atoms with Crippen LogP contribution in [-0.2, 0) is 22.9 Å². The summed E-state index contributed by atoms with van der Waals surface area (Å²) in [6.07, 6.45) is -2.95. The number of benzene rings is 3. The lowest BCUT2D eigenvalue weighted by Crippen LogP contribution is -2.43. The standard InChI is InChI=1S/C27H26F5NO2/c1-34-25-23(28)14-20(15-24(25)29)19-11-18(12-22(13-19)27(30,31)32)16-35-17-26(7-9-33-10-8-26)21-5-3-2-4-6-21/h2-6,11-15,33H,7-10,16-17H2,1H3. The van der Waals surface area contributed by atoms with Gasteiger partial charge in [-0.05, 0) is 78.5 Å². The molecule has 3 nitrogen and oxygen atoms in total. The van der Waals surface area contributed by atoms with Crippen molar-refractivity contribution in [3.05, 3.63) is 89.0 Å². The lowest BCUT2D eigenvalue weighted by atomic mass is 9.74. The summed E-state index contributed by atoms with van der Waals surface area (Å²) in [5.41, 5.74) is 0.272. The molecule has 3 aromatic carbocycles. The van der Waals surface area contributed by atoms with Gasteiger partial charge in [-0.15, -0.1) is 0 Å². The first-order chi connectivity index (χ1) is 16.7. The normalized spacial score (nSPS) is 15.7. The van der Waals surface area contributed by atoms with Gasteiger partial charge in [0.25, 0.3) is 0 Å². The van der Waals surface area contributed by atoms with E-state index in [-0.39, 0.29) is 28.7 Å². The molecule has 0 radical (unpaired) electrons. The van der Waals surface area contributed by atoms with Gasteiger partial charge in [-0.3, -0.25) is 0 Å². The van der Waals surface area contributed by atoms with Gasteiger partial charge < -0.3 is 14.8 Å². The van der Waals surface area contributed by atoms with Crippen LogP contribution in [0.1, 0.15) is 29.5 Å². The first kappa shape index (κ1) is 25.1. The third-order valence-corrected chi connectivity index (χ3v) is 6.45. The predicted octanol–water partition coefficient (Wildman–Crippen LogP) is 6.50. The van der Waals surface area contributed by atoms with E-state index in [0.29, 0.717) is 6.61 Å². The van der Waals surface area contributed by atoms with Crippen LogP contribution in [0.3, 0.4) is 0 Å². The molecule has 0 bridgehead atoms. The number of piperidine rings is 1. The molecule has 1 N–H and O–H groups in total. The topological polar surface area (TPSA) is 30.5 Å². The van der Waals surface area contributed by atoms with Gasteiger partial charge in [-0.25, -0.2) is 8.78 Å². The zero-order valence-corrected chi connectivity index (χ0v) is 19.2. The zero-order chi connectivity index (χ0) is 25.1. The molecule has 0 aromatic heterocycles. The van der Waals surface area contributed by atoms with Crippen molar-refractivity contribution in [2.24, 2.45) is 0 Å². The summed E-state index contributed by atoms with van der Waals surface area (Å²) in [4.78, 5) is 0. The van der Waals surface area contributed by atoms with E-state index >= 15 is 0 Å². The maximum Gasteiger partial charge on any atom is 0.416 e. The van der Waals surface area contributed by atoms with Crippen LogP contribution in [0.15, 0.2) is 60.7 Å². The average Bonchev–Trinajstić information content (AvgIpc) is 2.84. The van der Waals surface area contributed by atoms with Crippen molar-refractivity contribution >= 4 is 0 Å². The van der Waals surface area contributed by atoms with Gasteiger partial charge in [0.2, 0.25) is 0 Å². The molecule has 0 aliphatic carbocycles. The second-order valence-electron chi connectivity index (χ2n) is 8.78. The lowest BCUT2D eigenvalue weighted by molar-refractivity contribution is -0.137. The Labute approximate surface area is 200 Å². The highest BCUT2D eigenvalue weighted by Crippen LogP contribution is 2.37. The molecule has 1 saturated heterocycles. The van der Waals surface area contributed by atoms with Crippen molar-refractivity contribution in [2.45, 2.75) is 31.0 Å². The molecule has 0 amide bonds. The Morgan fingerprint density at radius 1 is 0.886 bits per heavy atom. The summed E-state index contributed by atoms with van der Waals surface area (Å²) in [5, 5.41) is 3.33.